The first kappa shape index (κ1) is 26.2. The van der Waals surface area contributed by atoms with Gasteiger partial charge in [-0.25, -0.2) is 4.79 Å². The van der Waals surface area contributed by atoms with Gasteiger partial charge in [0.15, 0.2) is 0 Å². The van der Waals surface area contributed by atoms with Crippen molar-refractivity contribution in [3.8, 4) is 5.75 Å². The molecule has 0 bridgehead atoms. The smallest absolute Gasteiger partial charge is 0.323 e. The zero-order valence-electron chi connectivity index (χ0n) is 21.1. The third-order valence-corrected chi connectivity index (χ3v) is 6.40. The van der Waals surface area contributed by atoms with Crippen molar-refractivity contribution < 1.29 is 14.3 Å². The number of benzene rings is 3. The highest BCUT2D eigenvalue weighted by atomic mass is 35.5. The van der Waals surface area contributed by atoms with Crippen molar-refractivity contribution >= 4 is 46.3 Å². The lowest BCUT2D eigenvalue weighted by Gasteiger charge is -2.38. The fourth-order valence-corrected chi connectivity index (χ4v) is 4.53. The molecule has 0 spiro atoms. The predicted molar refractivity (Wildman–Crippen MR) is 151 cm³/mol. The lowest BCUT2D eigenvalue weighted by molar-refractivity contribution is 0.0954. The summed E-state index contributed by atoms with van der Waals surface area (Å²) in [5, 5.41) is 9.08. The number of carbonyl (C=O) groups excluding carboxylic acids is 2. The second kappa shape index (κ2) is 12.4. The van der Waals surface area contributed by atoms with Crippen LogP contribution in [0.15, 0.2) is 66.7 Å². The number of carbonyl (C=O) groups is 2. The van der Waals surface area contributed by atoms with Crippen LogP contribution in [-0.2, 0) is 0 Å². The van der Waals surface area contributed by atoms with Crippen molar-refractivity contribution in [2.24, 2.45) is 0 Å². The summed E-state index contributed by atoms with van der Waals surface area (Å²) >= 11 is 6.01. The van der Waals surface area contributed by atoms with E-state index in [1.165, 1.54) is 0 Å². The monoisotopic (exact) mass is 521 g/mol. The van der Waals surface area contributed by atoms with Gasteiger partial charge in [-0.15, -0.1) is 0 Å². The molecule has 1 saturated heterocycles. The van der Waals surface area contributed by atoms with E-state index in [1.54, 1.807) is 37.4 Å². The Morgan fingerprint density at radius 3 is 2.22 bits per heavy atom. The normalized spacial score (nSPS) is 13.2. The van der Waals surface area contributed by atoms with E-state index >= 15 is 0 Å². The summed E-state index contributed by atoms with van der Waals surface area (Å²) < 4.78 is 5.53. The Hall–Kier alpha value is -3.91. The van der Waals surface area contributed by atoms with Crippen LogP contribution in [0.2, 0.25) is 5.02 Å². The van der Waals surface area contributed by atoms with Crippen molar-refractivity contribution in [2.45, 2.75) is 13.3 Å². The maximum absolute atomic E-state index is 13.1. The van der Waals surface area contributed by atoms with Crippen molar-refractivity contribution in [1.82, 2.24) is 5.32 Å². The third-order valence-electron chi connectivity index (χ3n) is 6.16. The Balaban J connectivity index is 1.50. The van der Waals surface area contributed by atoms with Gasteiger partial charge in [-0.2, -0.15) is 0 Å². The number of amides is 3. The van der Waals surface area contributed by atoms with Gasteiger partial charge in [-0.3, -0.25) is 4.79 Å². The van der Waals surface area contributed by atoms with E-state index in [4.69, 9.17) is 16.3 Å². The molecular weight excluding hydrogens is 490 g/mol. The molecule has 37 heavy (non-hydrogen) atoms. The minimum atomic E-state index is -0.416. The Morgan fingerprint density at radius 2 is 1.54 bits per heavy atom. The number of ether oxygens (including phenoxy) is 1. The number of hydrogen-bond acceptors (Lipinski definition) is 5. The number of anilines is 4. The number of nitrogens with zero attached hydrogens (tertiary/aromatic N) is 2. The highest BCUT2D eigenvalue weighted by Gasteiger charge is 2.23. The van der Waals surface area contributed by atoms with Crippen molar-refractivity contribution in [2.75, 3.05) is 60.3 Å². The molecule has 3 aromatic rings. The Kier molecular flexibility index (Phi) is 8.74. The fraction of sp³-hybridized carbons (Fsp3) is 0.286. The van der Waals surface area contributed by atoms with Gasteiger partial charge in [0, 0.05) is 54.8 Å². The number of para-hydroxylation sites is 2. The maximum atomic E-state index is 13.1. The molecule has 1 aliphatic heterocycles. The maximum Gasteiger partial charge on any atom is 0.323 e. The number of hydrogen-bond donors (Lipinski definition) is 3. The topological polar surface area (TPSA) is 85.9 Å². The largest absolute Gasteiger partial charge is 0.495 e. The summed E-state index contributed by atoms with van der Waals surface area (Å²) in [4.78, 5) is 30.2. The molecule has 1 fully saturated rings. The molecule has 0 aromatic heterocycles. The van der Waals surface area contributed by atoms with Crippen molar-refractivity contribution in [3.63, 3.8) is 0 Å². The van der Waals surface area contributed by atoms with Gasteiger partial charge in [0.1, 0.15) is 5.75 Å². The Morgan fingerprint density at radius 1 is 0.865 bits per heavy atom. The van der Waals surface area contributed by atoms with Crippen LogP contribution in [0.4, 0.5) is 27.5 Å². The zero-order chi connectivity index (χ0) is 26.2. The van der Waals surface area contributed by atoms with Crippen LogP contribution in [0.5, 0.6) is 5.75 Å². The average Bonchev–Trinajstić information content (AvgIpc) is 2.91. The predicted octanol–water partition coefficient (Wildman–Crippen LogP) is 5.46. The fourth-order valence-electron chi connectivity index (χ4n) is 4.34. The van der Waals surface area contributed by atoms with E-state index in [9.17, 15) is 9.59 Å². The van der Waals surface area contributed by atoms with E-state index in [2.05, 4.69) is 31.8 Å². The van der Waals surface area contributed by atoms with Gasteiger partial charge in [0.05, 0.1) is 18.4 Å². The van der Waals surface area contributed by atoms with E-state index in [-0.39, 0.29) is 5.91 Å². The lowest BCUT2D eigenvalue weighted by Crippen LogP contribution is -2.47. The number of halogens is 1. The molecule has 0 aliphatic carbocycles. The summed E-state index contributed by atoms with van der Waals surface area (Å²) in [6.45, 7) is 5.66. The molecule has 194 valence electrons. The molecule has 3 aromatic carbocycles. The van der Waals surface area contributed by atoms with Crippen LogP contribution in [0, 0.1) is 0 Å². The highest BCUT2D eigenvalue weighted by molar-refractivity contribution is 6.30. The van der Waals surface area contributed by atoms with Gasteiger partial charge in [-0.1, -0.05) is 36.7 Å². The van der Waals surface area contributed by atoms with Gasteiger partial charge in [0.2, 0.25) is 0 Å². The van der Waals surface area contributed by atoms with E-state index in [0.29, 0.717) is 28.5 Å². The lowest BCUT2D eigenvalue weighted by atomic mass is 10.1. The summed E-state index contributed by atoms with van der Waals surface area (Å²) in [6, 6.07) is 19.9. The summed E-state index contributed by atoms with van der Waals surface area (Å²) in [6.07, 6.45) is 0.832. The Labute approximate surface area is 222 Å². The van der Waals surface area contributed by atoms with Gasteiger partial charge >= 0.3 is 6.03 Å². The average molecular weight is 522 g/mol. The third kappa shape index (κ3) is 6.65. The van der Waals surface area contributed by atoms with Crippen LogP contribution >= 0.6 is 11.6 Å². The molecule has 3 amide bonds. The number of nitrogens with one attached hydrogen (secondary N) is 3. The molecular formula is C28H32ClN5O3. The number of piperazine rings is 1. The first-order valence-corrected chi connectivity index (χ1v) is 12.7. The molecule has 0 atom stereocenters. The molecule has 3 N–H and O–H groups in total. The molecule has 4 rings (SSSR count). The SMILES string of the molecule is CCCNC(=O)c1cc(NC(=O)Nc2cccc(Cl)c2)ccc1N1CCN(c2ccccc2OC)CC1. The zero-order valence-corrected chi connectivity index (χ0v) is 21.8. The van der Waals surface area contributed by atoms with Gasteiger partial charge in [-0.05, 0) is 55.0 Å². The van der Waals surface area contributed by atoms with Gasteiger partial charge in [0.25, 0.3) is 5.91 Å². The summed E-state index contributed by atoms with van der Waals surface area (Å²) in [5.74, 6) is 0.685. The standard InChI is InChI=1S/C28H32ClN5O3/c1-3-13-30-27(35)23-19-22(32-28(36)31-21-8-6-7-20(29)18-21)11-12-24(23)33-14-16-34(17-15-33)25-9-4-5-10-26(25)37-2/h4-12,18-19H,3,13-17H2,1-2H3,(H,30,35)(H2,31,32,36). The highest BCUT2D eigenvalue weighted by Crippen LogP contribution is 2.31. The number of rotatable bonds is 8. The number of urea groups is 1. The second-order valence-electron chi connectivity index (χ2n) is 8.72. The van der Waals surface area contributed by atoms with Crippen molar-refractivity contribution in [1.29, 1.82) is 0 Å². The first-order chi connectivity index (χ1) is 18.0. The van der Waals surface area contributed by atoms with Crippen LogP contribution in [0.25, 0.3) is 0 Å². The van der Waals surface area contributed by atoms with Crippen molar-refractivity contribution in [3.05, 3.63) is 77.3 Å². The molecule has 8 nitrogen and oxygen atoms in total. The summed E-state index contributed by atoms with van der Waals surface area (Å²) in [5.41, 5.74) is 3.54. The Bertz CT molecular complexity index is 1240. The summed E-state index contributed by atoms with van der Waals surface area (Å²) in [7, 11) is 1.68. The number of methoxy groups -OCH3 is 1. The second-order valence-corrected chi connectivity index (χ2v) is 9.16. The molecule has 1 aliphatic rings. The van der Waals surface area contributed by atoms with Crippen LogP contribution in [-0.4, -0.2) is 51.8 Å². The van der Waals surface area contributed by atoms with E-state index < -0.39 is 6.03 Å². The van der Waals surface area contributed by atoms with E-state index in [0.717, 1.165) is 49.7 Å². The molecule has 1 heterocycles. The molecule has 9 heteroatoms. The van der Waals surface area contributed by atoms with Gasteiger partial charge < -0.3 is 30.5 Å². The van der Waals surface area contributed by atoms with Crippen LogP contribution in [0.1, 0.15) is 23.7 Å². The van der Waals surface area contributed by atoms with Crippen LogP contribution < -0.4 is 30.5 Å². The molecule has 0 unspecified atom stereocenters. The first-order valence-electron chi connectivity index (χ1n) is 12.4. The van der Waals surface area contributed by atoms with Crippen LogP contribution in [0.3, 0.4) is 0 Å². The minimum absolute atomic E-state index is 0.164. The quantitative estimate of drug-likeness (QED) is 0.366. The molecule has 0 saturated carbocycles. The van der Waals surface area contributed by atoms with E-state index in [1.807, 2.05) is 37.3 Å². The minimum Gasteiger partial charge on any atom is -0.495 e. The molecule has 0 radical (unpaired) electrons.